The number of rotatable bonds is 1. The third-order valence-corrected chi connectivity index (χ3v) is 3.96. The maximum Gasteiger partial charge on any atom is 0.125 e. The van der Waals surface area contributed by atoms with Crippen molar-refractivity contribution in [3.63, 3.8) is 0 Å². The molecule has 0 bridgehead atoms. The predicted molar refractivity (Wildman–Crippen MR) is 68.0 cm³/mol. The summed E-state index contributed by atoms with van der Waals surface area (Å²) < 4.78 is 13.3. The Morgan fingerprint density at radius 2 is 2.18 bits per heavy atom. The Bertz CT molecular complexity index is 397. The lowest BCUT2D eigenvalue weighted by Gasteiger charge is -2.29. The Morgan fingerprint density at radius 3 is 3.12 bits per heavy atom. The van der Waals surface area contributed by atoms with Crippen LogP contribution in [0.4, 0.5) is 10.1 Å². The van der Waals surface area contributed by atoms with Crippen molar-refractivity contribution in [2.24, 2.45) is 0 Å². The average molecular weight is 234 g/mol. The minimum Gasteiger partial charge on any atom is -0.368 e. The van der Waals surface area contributed by atoms with E-state index in [0.29, 0.717) is 6.04 Å². The lowest BCUT2D eigenvalue weighted by atomic mass is 10.1. The minimum atomic E-state index is -0.109. The second-order valence-corrected chi connectivity index (χ2v) is 5.05. The molecule has 0 aliphatic carbocycles. The van der Waals surface area contributed by atoms with Crippen molar-refractivity contribution < 1.29 is 4.39 Å². The molecule has 3 rings (SSSR count). The van der Waals surface area contributed by atoms with Crippen LogP contribution in [0.5, 0.6) is 0 Å². The van der Waals surface area contributed by atoms with Crippen LogP contribution in [0.25, 0.3) is 0 Å². The van der Waals surface area contributed by atoms with Crippen molar-refractivity contribution in [2.75, 3.05) is 24.5 Å². The molecule has 2 aliphatic heterocycles. The highest BCUT2D eigenvalue weighted by atomic mass is 19.1. The third-order valence-electron chi connectivity index (χ3n) is 3.96. The molecule has 1 atom stereocenters. The summed E-state index contributed by atoms with van der Waals surface area (Å²) in [7, 11) is 0. The molecule has 17 heavy (non-hydrogen) atoms. The van der Waals surface area contributed by atoms with Gasteiger partial charge in [-0.1, -0.05) is 6.07 Å². The van der Waals surface area contributed by atoms with Gasteiger partial charge in [0.2, 0.25) is 0 Å². The van der Waals surface area contributed by atoms with Gasteiger partial charge < -0.3 is 10.2 Å². The van der Waals surface area contributed by atoms with Crippen LogP contribution >= 0.6 is 0 Å². The van der Waals surface area contributed by atoms with Gasteiger partial charge in [0, 0.05) is 18.3 Å². The van der Waals surface area contributed by atoms with E-state index < -0.39 is 0 Å². The van der Waals surface area contributed by atoms with E-state index in [1.807, 2.05) is 6.07 Å². The fourth-order valence-electron chi connectivity index (χ4n) is 3.07. The molecule has 2 heterocycles. The average Bonchev–Trinajstić information content (AvgIpc) is 2.58. The van der Waals surface area contributed by atoms with Crippen LogP contribution in [0.2, 0.25) is 0 Å². The fourth-order valence-corrected chi connectivity index (χ4v) is 3.07. The van der Waals surface area contributed by atoms with Gasteiger partial charge in [-0.25, -0.2) is 4.39 Å². The highest BCUT2D eigenvalue weighted by Gasteiger charge is 2.26. The smallest absolute Gasteiger partial charge is 0.125 e. The highest BCUT2D eigenvalue weighted by molar-refractivity contribution is 5.58. The molecule has 0 spiro atoms. The van der Waals surface area contributed by atoms with Crippen molar-refractivity contribution in [2.45, 2.75) is 31.7 Å². The predicted octanol–water partition coefficient (Wildman–Crippen LogP) is 2.33. The fraction of sp³-hybridized carbons (Fsp3) is 0.571. The molecular formula is C14H19FN2. The van der Waals surface area contributed by atoms with E-state index in [9.17, 15) is 4.39 Å². The quantitative estimate of drug-likeness (QED) is 0.802. The zero-order valence-electron chi connectivity index (χ0n) is 10.1. The molecule has 2 nitrogen and oxygen atoms in total. The second kappa shape index (κ2) is 4.65. The maximum atomic E-state index is 13.3. The molecule has 0 aromatic heterocycles. The summed E-state index contributed by atoms with van der Waals surface area (Å²) in [5.41, 5.74) is 2.44. The van der Waals surface area contributed by atoms with Gasteiger partial charge in [-0.3, -0.25) is 0 Å². The van der Waals surface area contributed by atoms with E-state index in [-0.39, 0.29) is 5.82 Å². The van der Waals surface area contributed by atoms with Gasteiger partial charge in [0.25, 0.3) is 0 Å². The van der Waals surface area contributed by atoms with Crippen LogP contribution in [0.1, 0.15) is 24.8 Å². The summed E-state index contributed by atoms with van der Waals surface area (Å²) in [6.07, 6.45) is 4.70. The van der Waals surface area contributed by atoms with Crippen LogP contribution in [0.3, 0.4) is 0 Å². The van der Waals surface area contributed by atoms with E-state index in [1.54, 1.807) is 12.1 Å². The molecule has 3 heteroatoms. The van der Waals surface area contributed by atoms with E-state index in [0.717, 1.165) is 31.7 Å². The standard InChI is InChI=1S/C14H19FN2/c15-12-4-3-11-6-9-17(14(11)10-12)13-2-1-7-16-8-5-13/h3-4,10,13,16H,1-2,5-9H2. The van der Waals surface area contributed by atoms with Crippen LogP contribution in [0.15, 0.2) is 18.2 Å². The number of hydrogen-bond donors (Lipinski definition) is 1. The van der Waals surface area contributed by atoms with Crippen LogP contribution in [0, 0.1) is 5.82 Å². The van der Waals surface area contributed by atoms with E-state index in [2.05, 4.69) is 10.2 Å². The molecule has 0 radical (unpaired) electrons. The first-order valence-electron chi connectivity index (χ1n) is 6.60. The molecule has 0 amide bonds. The van der Waals surface area contributed by atoms with E-state index >= 15 is 0 Å². The molecule has 1 unspecified atom stereocenters. The molecule has 2 aliphatic rings. The number of anilines is 1. The molecule has 92 valence electrons. The molecule has 1 saturated heterocycles. The van der Waals surface area contributed by atoms with Crippen LogP contribution < -0.4 is 10.2 Å². The lowest BCUT2D eigenvalue weighted by molar-refractivity contribution is 0.547. The molecule has 1 aromatic carbocycles. The number of nitrogens with one attached hydrogen (secondary N) is 1. The zero-order chi connectivity index (χ0) is 11.7. The summed E-state index contributed by atoms with van der Waals surface area (Å²) in [5, 5.41) is 3.44. The topological polar surface area (TPSA) is 15.3 Å². The first-order valence-corrected chi connectivity index (χ1v) is 6.60. The summed E-state index contributed by atoms with van der Waals surface area (Å²) in [4.78, 5) is 2.42. The van der Waals surface area contributed by atoms with Crippen molar-refractivity contribution in [3.8, 4) is 0 Å². The van der Waals surface area contributed by atoms with Gasteiger partial charge >= 0.3 is 0 Å². The van der Waals surface area contributed by atoms with Crippen molar-refractivity contribution in [1.29, 1.82) is 0 Å². The first-order chi connectivity index (χ1) is 8.34. The normalized spacial score (nSPS) is 24.5. The Kier molecular flexibility index (Phi) is 3.02. The summed E-state index contributed by atoms with van der Waals surface area (Å²) >= 11 is 0. The highest BCUT2D eigenvalue weighted by Crippen LogP contribution is 2.32. The Balaban J connectivity index is 1.84. The Hall–Kier alpha value is -1.09. The molecule has 1 N–H and O–H groups in total. The van der Waals surface area contributed by atoms with Crippen molar-refractivity contribution >= 4 is 5.69 Å². The molecule has 1 fully saturated rings. The minimum absolute atomic E-state index is 0.109. The van der Waals surface area contributed by atoms with Gasteiger partial charge in [-0.05, 0) is 56.5 Å². The van der Waals surface area contributed by atoms with E-state index in [1.165, 1.54) is 24.8 Å². The first kappa shape index (κ1) is 11.0. The SMILES string of the molecule is Fc1ccc2c(c1)N(C1CCCNCC1)CC2. The Morgan fingerprint density at radius 1 is 1.24 bits per heavy atom. The van der Waals surface area contributed by atoms with Gasteiger partial charge in [0.1, 0.15) is 5.82 Å². The number of benzene rings is 1. The number of fused-ring (bicyclic) bond motifs is 1. The second-order valence-electron chi connectivity index (χ2n) is 5.05. The van der Waals surface area contributed by atoms with Crippen molar-refractivity contribution in [1.82, 2.24) is 5.32 Å². The van der Waals surface area contributed by atoms with Crippen molar-refractivity contribution in [3.05, 3.63) is 29.6 Å². The number of nitrogens with zero attached hydrogens (tertiary/aromatic N) is 1. The van der Waals surface area contributed by atoms with Gasteiger partial charge in [-0.15, -0.1) is 0 Å². The Labute approximate surface area is 102 Å². The summed E-state index contributed by atoms with van der Waals surface area (Å²) in [5.74, 6) is -0.109. The largest absolute Gasteiger partial charge is 0.368 e. The molecular weight excluding hydrogens is 215 g/mol. The van der Waals surface area contributed by atoms with Gasteiger partial charge in [0.05, 0.1) is 0 Å². The molecule has 1 aromatic rings. The molecule has 0 saturated carbocycles. The number of halogens is 1. The monoisotopic (exact) mass is 234 g/mol. The van der Waals surface area contributed by atoms with Crippen LogP contribution in [-0.4, -0.2) is 25.7 Å². The van der Waals surface area contributed by atoms with Crippen LogP contribution in [-0.2, 0) is 6.42 Å². The van der Waals surface area contributed by atoms with E-state index in [4.69, 9.17) is 0 Å². The summed E-state index contributed by atoms with van der Waals surface area (Å²) in [6.45, 7) is 3.27. The van der Waals surface area contributed by atoms with Gasteiger partial charge in [0.15, 0.2) is 0 Å². The lowest BCUT2D eigenvalue weighted by Crippen LogP contribution is -2.34. The third kappa shape index (κ3) is 2.16. The number of hydrogen-bond acceptors (Lipinski definition) is 2. The zero-order valence-corrected chi connectivity index (χ0v) is 10.1. The maximum absolute atomic E-state index is 13.3. The summed E-state index contributed by atoms with van der Waals surface area (Å²) in [6, 6.07) is 5.82. The van der Waals surface area contributed by atoms with Gasteiger partial charge in [-0.2, -0.15) is 0 Å².